The minimum absolute atomic E-state index is 0.201. The third kappa shape index (κ3) is 2.92. The second-order valence-electron chi connectivity index (χ2n) is 2.65. The van der Waals surface area contributed by atoms with Crippen LogP contribution in [0.15, 0.2) is 24.3 Å². The van der Waals surface area contributed by atoms with Crippen LogP contribution in [0.25, 0.3) is 0 Å². The minimum Gasteiger partial charge on any atom is -0.294 e. The number of hydrogen-bond donors (Lipinski definition) is 0. The smallest absolute Gasteiger partial charge is 0.164 e. The molecule has 0 saturated carbocycles. The molecule has 1 rings (SSSR count). The van der Waals surface area contributed by atoms with Crippen LogP contribution in [0.5, 0.6) is 0 Å². The summed E-state index contributed by atoms with van der Waals surface area (Å²) in [5.41, 5.74) is 1.90. The Hall–Kier alpha value is -0.150. The number of carbonyl (C=O) groups excluding carboxylic acids is 1. The van der Waals surface area contributed by atoms with E-state index in [1.54, 1.807) is 0 Å². The quantitative estimate of drug-likeness (QED) is 0.614. The average Bonchev–Trinajstić information content (AvgIpc) is 2.18. The van der Waals surface area contributed by atoms with Crippen LogP contribution in [-0.4, -0.2) is 11.1 Å². The van der Waals surface area contributed by atoms with Gasteiger partial charge in [-0.05, 0) is 5.56 Å². The third-order valence-electron chi connectivity index (χ3n) is 1.78. The van der Waals surface area contributed by atoms with E-state index in [1.807, 2.05) is 24.3 Å². The number of carbonyl (C=O) groups is 1. The first-order chi connectivity index (χ1) is 6.29. The summed E-state index contributed by atoms with van der Waals surface area (Å²) >= 11 is 6.62. The molecule has 70 valence electrons. The third-order valence-corrected chi connectivity index (χ3v) is 2.78. The van der Waals surface area contributed by atoms with E-state index in [9.17, 15) is 4.79 Å². The number of ketones is 1. The Labute approximate surface area is 94.8 Å². The van der Waals surface area contributed by atoms with Gasteiger partial charge in [0.15, 0.2) is 5.78 Å². The molecule has 0 N–H and O–H groups in total. The first kappa shape index (κ1) is 10.9. The van der Waals surface area contributed by atoms with Crippen molar-refractivity contribution in [2.24, 2.45) is 0 Å². The van der Waals surface area contributed by atoms with Gasteiger partial charge < -0.3 is 0 Å². The highest BCUT2D eigenvalue weighted by molar-refractivity contribution is 9.09. The highest BCUT2D eigenvalue weighted by Crippen LogP contribution is 2.14. The van der Waals surface area contributed by atoms with Gasteiger partial charge in [-0.2, -0.15) is 0 Å². The summed E-state index contributed by atoms with van der Waals surface area (Å²) in [4.78, 5) is 11.6. The van der Waals surface area contributed by atoms with Crippen molar-refractivity contribution in [3.63, 3.8) is 0 Å². The Bertz CT molecular complexity index is 297. The van der Waals surface area contributed by atoms with Gasteiger partial charge >= 0.3 is 0 Å². The molecule has 0 aliphatic carbocycles. The molecule has 0 fully saturated rings. The molecule has 0 aliphatic heterocycles. The number of halogens is 2. The summed E-state index contributed by atoms with van der Waals surface area (Å²) in [5.74, 6) is 0.201. The second kappa shape index (κ2) is 5.55. The number of alkyl halides is 2. The van der Waals surface area contributed by atoms with Gasteiger partial charge in [0.05, 0.1) is 0 Å². The molecule has 0 spiro atoms. The molecule has 1 nitrogen and oxygen atoms in total. The van der Waals surface area contributed by atoms with E-state index in [-0.39, 0.29) is 5.78 Å². The van der Waals surface area contributed by atoms with Gasteiger partial charge in [0, 0.05) is 22.6 Å². The molecule has 0 saturated heterocycles. The van der Waals surface area contributed by atoms with E-state index in [0.717, 1.165) is 21.8 Å². The minimum atomic E-state index is 0.201. The molecular formula is C10H10Br2O. The SMILES string of the molecule is O=C(CCBr)c1ccccc1CBr. The highest BCUT2D eigenvalue weighted by Gasteiger charge is 2.08. The Morgan fingerprint density at radius 1 is 1.23 bits per heavy atom. The van der Waals surface area contributed by atoms with E-state index >= 15 is 0 Å². The van der Waals surface area contributed by atoms with Crippen LogP contribution < -0.4 is 0 Å². The van der Waals surface area contributed by atoms with Crippen molar-refractivity contribution in [2.75, 3.05) is 5.33 Å². The summed E-state index contributed by atoms with van der Waals surface area (Å²) in [6.45, 7) is 0. The van der Waals surface area contributed by atoms with Crippen LogP contribution in [-0.2, 0) is 5.33 Å². The molecule has 3 heteroatoms. The lowest BCUT2D eigenvalue weighted by Crippen LogP contribution is -2.02. The lowest BCUT2D eigenvalue weighted by Gasteiger charge is -2.03. The molecule has 0 aromatic heterocycles. The lowest BCUT2D eigenvalue weighted by atomic mass is 10.0. The van der Waals surface area contributed by atoms with Gasteiger partial charge in [0.2, 0.25) is 0 Å². The Morgan fingerprint density at radius 3 is 2.54 bits per heavy atom. The van der Waals surface area contributed by atoms with Gasteiger partial charge in [-0.3, -0.25) is 4.79 Å². The molecule has 13 heavy (non-hydrogen) atoms. The van der Waals surface area contributed by atoms with Gasteiger partial charge in [-0.15, -0.1) is 0 Å². The Morgan fingerprint density at radius 2 is 1.92 bits per heavy atom. The topological polar surface area (TPSA) is 17.1 Å². The van der Waals surface area contributed by atoms with Crippen molar-refractivity contribution in [3.05, 3.63) is 35.4 Å². The normalized spacial score (nSPS) is 10.0. The molecule has 0 unspecified atom stereocenters. The molecule has 0 amide bonds. The van der Waals surface area contributed by atoms with Crippen molar-refractivity contribution in [1.29, 1.82) is 0 Å². The summed E-state index contributed by atoms with van der Waals surface area (Å²) < 4.78 is 0. The van der Waals surface area contributed by atoms with Crippen LogP contribution in [0.3, 0.4) is 0 Å². The van der Waals surface area contributed by atoms with E-state index in [4.69, 9.17) is 0 Å². The largest absolute Gasteiger partial charge is 0.294 e. The van der Waals surface area contributed by atoms with Crippen LogP contribution in [0.4, 0.5) is 0 Å². The van der Waals surface area contributed by atoms with Gasteiger partial charge in [-0.1, -0.05) is 56.1 Å². The number of benzene rings is 1. The number of Topliss-reactive ketones (excluding diaryl/α,β-unsaturated/α-hetero) is 1. The summed E-state index contributed by atoms with van der Waals surface area (Å²) in [5, 5.41) is 1.46. The van der Waals surface area contributed by atoms with E-state index in [0.29, 0.717) is 6.42 Å². The van der Waals surface area contributed by atoms with Crippen LogP contribution in [0.1, 0.15) is 22.3 Å². The fourth-order valence-corrected chi connectivity index (χ4v) is 1.98. The number of rotatable bonds is 4. The van der Waals surface area contributed by atoms with Gasteiger partial charge in [0.25, 0.3) is 0 Å². The van der Waals surface area contributed by atoms with Crippen LogP contribution >= 0.6 is 31.9 Å². The van der Waals surface area contributed by atoms with Crippen molar-refractivity contribution < 1.29 is 4.79 Å². The zero-order valence-electron chi connectivity index (χ0n) is 7.09. The van der Waals surface area contributed by atoms with Crippen molar-refractivity contribution in [1.82, 2.24) is 0 Å². The number of hydrogen-bond acceptors (Lipinski definition) is 1. The molecule has 1 aromatic carbocycles. The van der Waals surface area contributed by atoms with Crippen molar-refractivity contribution in [2.45, 2.75) is 11.8 Å². The standard InChI is InChI=1S/C10H10Br2O/c11-6-5-10(13)9-4-2-1-3-8(9)7-12/h1-4H,5-7H2. The van der Waals surface area contributed by atoms with E-state index in [1.165, 1.54) is 0 Å². The molecule has 0 bridgehead atoms. The predicted molar refractivity (Wildman–Crippen MR) is 61.8 cm³/mol. The summed E-state index contributed by atoms with van der Waals surface area (Å²) in [6.07, 6.45) is 0.560. The fraction of sp³-hybridized carbons (Fsp3) is 0.300. The first-order valence-electron chi connectivity index (χ1n) is 4.02. The molecule has 0 aliphatic rings. The van der Waals surface area contributed by atoms with Crippen molar-refractivity contribution >= 4 is 37.6 Å². The fourth-order valence-electron chi connectivity index (χ4n) is 1.13. The average molecular weight is 306 g/mol. The van der Waals surface area contributed by atoms with Gasteiger partial charge in [0.1, 0.15) is 0 Å². The highest BCUT2D eigenvalue weighted by atomic mass is 79.9. The zero-order chi connectivity index (χ0) is 9.68. The molecular weight excluding hydrogens is 296 g/mol. The van der Waals surface area contributed by atoms with E-state index < -0.39 is 0 Å². The second-order valence-corrected chi connectivity index (χ2v) is 4.01. The molecule has 0 heterocycles. The molecule has 0 radical (unpaired) electrons. The monoisotopic (exact) mass is 304 g/mol. The van der Waals surface area contributed by atoms with Crippen LogP contribution in [0, 0.1) is 0 Å². The van der Waals surface area contributed by atoms with Gasteiger partial charge in [-0.25, -0.2) is 0 Å². The maximum Gasteiger partial charge on any atom is 0.164 e. The molecule has 0 atom stereocenters. The molecule has 1 aromatic rings. The lowest BCUT2D eigenvalue weighted by molar-refractivity contribution is 0.0989. The van der Waals surface area contributed by atoms with Crippen molar-refractivity contribution in [3.8, 4) is 0 Å². The maximum absolute atomic E-state index is 11.6. The van der Waals surface area contributed by atoms with E-state index in [2.05, 4.69) is 31.9 Å². The Balaban J connectivity index is 2.92. The maximum atomic E-state index is 11.6. The predicted octanol–water partition coefficient (Wildman–Crippen LogP) is 3.55. The first-order valence-corrected chi connectivity index (χ1v) is 6.27. The zero-order valence-corrected chi connectivity index (χ0v) is 10.3. The van der Waals surface area contributed by atoms with Crippen LogP contribution in [0.2, 0.25) is 0 Å². The Kier molecular flexibility index (Phi) is 4.67. The summed E-state index contributed by atoms with van der Waals surface area (Å²) in [7, 11) is 0. The summed E-state index contributed by atoms with van der Waals surface area (Å²) in [6, 6.07) is 7.69.